The van der Waals surface area contributed by atoms with E-state index in [1.807, 2.05) is 20.8 Å². The summed E-state index contributed by atoms with van der Waals surface area (Å²) < 4.78 is 0. The quantitative estimate of drug-likeness (QED) is 0.655. The van der Waals surface area contributed by atoms with Crippen LogP contribution in [0.1, 0.15) is 27.2 Å². The number of carboxylic acid groups (broad SMARTS) is 1. The van der Waals surface area contributed by atoms with Gasteiger partial charge in [0.1, 0.15) is 0 Å². The predicted octanol–water partition coefficient (Wildman–Crippen LogP) is 1.19. The summed E-state index contributed by atoms with van der Waals surface area (Å²) in [5.41, 5.74) is 0. The normalized spacial score (nSPS) is 13.5. The van der Waals surface area contributed by atoms with Gasteiger partial charge in [0.25, 0.3) is 0 Å². The van der Waals surface area contributed by atoms with Gasteiger partial charge in [0.15, 0.2) is 0 Å². The molecule has 1 atom stereocenters. The minimum atomic E-state index is -0.718. The van der Waals surface area contributed by atoms with E-state index in [0.717, 1.165) is 13.1 Å². The van der Waals surface area contributed by atoms with Crippen molar-refractivity contribution in [3.63, 3.8) is 0 Å². The summed E-state index contributed by atoms with van der Waals surface area (Å²) in [5, 5.41) is 8.50. The molecule has 0 bridgehead atoms. The summed E-state index contributed by atoms with van der Waals surface area (Å²) >= 11 is 0. The molecule has 0 aliphatic rings. The van der Waals surface area contributed by atoms with Gasteiger partial charge in [-0.2, -0.15) is 0 Å². The van der Waals surface area contributed by atoms with Gasteiger partial charge in [0.2, 0.25) is 0 Å². The maximum atomic E-state index is 10.3. The third kappa shape index (κ3) is 3.98. The van der Waals surface area contributed by atoms with Gasteiger partial charge in [-0.1, -0.05) is 13.8 Å². The van der Waals surface area contributed by atoms with Crippen LogP contribution < -0.4 is 0 Å². The van der Waals surface area contributed by atoms with Crippen LogP contribution in [0.5, 0.6) is 0 Å². The van der Waals surface area contributed by atoms with E-state index < -0.39 is 5.97 Å². The largest absolute Gasteiger partial charge is 0.481 e. The van der Waals surface area contributed by atoms with Gasteiger partial charge in [-0.3, -0.25) is 4.79 Å². The minimum absolute atomic E-state index is 0.155. The van der Waals surface area contributed by atoms with Crippen molar-refractivity contribution in [2.75, 3.05) is 13.1 Å². The van der Waals surface area contributed by atoms with Crippen LogP contribution in [0.25, 0.3) is 0 Å². The Morgan fingerprint density at radius 1 is 1.45 bits per heavy atom. The maximum Gasteiger partial charge on any atom is 0.304 e. The molecule has 0 aromatic heterocycles. The molecule has 0 saturated carbocycles. The Hall–Kier alpha value is -0.570. The standard InChI is InChI=1S/C8H17NO2/c1-4-9(5-2)7(3)6-8(10)11/h7H,4-6H2,1-3H3,(H,10,11)/t7-/m1/s1. The number of carboxylic acids is 1. The molecule has 0 spiro atoms. The van der Waals surface area contributed by atoms with Crippen molar-refractivity contribution in [3.8, 4) is 0 Å². The second-order valence-electron chi connectivity index (χ2n) is 2.67. The monoisotopic (exact) mass is 159 g/mol. The van der Waals surface area contributed by atoms with Gasteiger partial charge in [-0.05, 0) is 20.0 Å². The molecule has 0 aromatic carbocycles. The van der Waals surface area contributed by atoms with Crippen LogP contribution in [0.15, 0.2) is 0 Å². The first-order chi connectivity index (χ1) is 5.11. The van der Waals surface area contributed by atoms with Crippen LogP contribution >= 0.6 is 0 Å². The third-order valence-corrected chi connectivity index (χ3v) is 1.91. The number of hydrogen-bond donors (Lipinski definition) is 1. The van der Waals surface area contributed by atoms with Crippen molar-refractivity contribution in [2.45, 2.75) is 33.2 Å². The van der Waals surface area contributed by atoms with Crippen LogP contribution in [0.4, 0.5) is 0 Å². The first-order valence-electron chi connectivity index (χ1n) is 4.07. The van der Waals surface area contributed by atoms with Crippen LogP contribution in [0, 0.1) is 0 Å². The van der Waals surface area contributed by atoms with Crippen LogP contribution in [0.3, 0.4) is 0 Å². The Bertz CT molecular complexity index is 121. The molecule has 11 heavy (non-hydrogen) atoms. The molecule has 0 radical (unpaired) electrons. The molecule has 0 saturated heterocycles. The van der Waals surface area contributed by atoms with Gasteiger partial charge in [-0.25, -0.2) is 0 Å². The van der Waals surface area contributed by atoms with Crippen LogP contribution in [0.2, 0.25) is 0 Å². The lowest BCUT2D eigenvalue weighted by atomic mass is 10.2. The van der Waals surface area contributed by atoms with Crippen molar-refractivity contribution >= 4 is 5.97 Å². The number of aliphatic carboxylic acids is 1. The topological polar surface area (TPSA) is 40.5 Å². The number of carbonyl (C=O) groups is 1. The summed E-state index contributed by atoms with van der Waals surface area (Å²) in [7, 11) is 0. The molecule has 0 aliphatic heterocycles. The van der Waals surface area contributed by atoms with E-state index in [0.29, 0.717) is 0 Å². The molecule has 0 aliphatic carbocycles. The smallest absolute Gasteiger partial charge is 0.304 e. The molecule has 1 N–H and O–H groups in total. The zero-order chi connectivity index (χ0) is 8.85. The highest BCUT2D eigenvalue weighted by molar-refractivity contribution is 5.67. The summed E-state index contributed by atoms with van der Waals surface area (Å²) in [6.07, 6.45) is 0.238. The second-order valence-corrected chi connectivity index (χ2v) is 2.67. The van der Waals surface area contributed by atoms with Gasteiger partial charge < -0.3 is 10.0 Å². The Morgan fingerprint density at radius 2 is 1.91 bits per heavy atom. The van der Waals surface area contributed by atoms with E-state index >= 15 is 0 Å². The average molecular weight is 159 g/mol. The molecule has 0 heterocycles. The Labute approximate surface area is 68.0 Å². The third-order valence-electron chi connectivity index (χ3n) is 1.91. The molecule has 0 aromatic rings. The summed E-state index contributed by atoms with van der Waals surface area (Å²) in [6, 6.07) is 0.155. The fourth-order valence-electron chi connectivity index (χ4n) is 1.23. The molecule has 3 nitrogen and oxygen atoms in total. The van der Waals surface area contributed by atoms with Crippen molar-refractivity contribution in [2.24, 2.45) is 0 Å². The molecule has 0 unspecified atom stereocenters. The highest BCUT2D eigenvalue weighted by Crippen LogP contribution is 2.02. The van der Waals surface area contributed by atoms with Gasteiger partial charge in [0, 0.05) is 6.04 Å². The van der Waals surface area contributed by atoms with Crippen LogP contribution in [-0.2, 0) is 4.79 Å². The van der Waals surface area contributed by atoms with E-state index in [2.05, 4.69) is 4.90 Å². The lowest BCUT2D eigenvalue weighted by molar-refractivity contribution is -0.138. The highest BCUT2D eigenvalue weighted by atomic mass is 16.4. The van der Waals surface area contributed by atoms with E-state index in [9.17, 15) is 4.79 Å². The lowest BCUT2D eigenvalue weighted by Gasteiger charge is -2.24. The van der Waals surface area contributed by atoms with E-state index in [1.54, 1.807) is 0 Å². The Balaban J connectivity index is 3.78. The van der Waals surface area contributed by atoms with Gasteiger partial charge in [-0.15, -0.1) is 0 Å². The van der Waals surface area contributed by atoms with E-state index in [1.165, 1.54) is 0 Å². The minimum Gasteiger partial charge on any atom is -0.481 e. The van der Waals surface area contributed by atoms with E-state index in [4.69, 9.17) is 5.11 Å². The van der Waals surface area contributed by atoms with Crippen molar-refractivity contribution < 1.29 is 9.90 Å². The second kappa shape index (κ2) is 5.13. The first-order valence-corrected chi connectivity index (χ1v) is 4.07. The predicted molar refractivity (Wildman–Crippen MR) is 44.6 cm³/mol. The summed E-state index contributed by atoms with van der Waals surface area (Å²) in [4.78, 5) is 12.5. The maximum absolute atomic E-state index is 10.3. The molecule has 0 fully saturated rings. The zero-order valence-electron chi connectivity index (χ0n) is 7.50. The Kier molecular flexibility index (Phi) is 4.86. The number of hydrogen-bond acceptors (Lipinski definition) is 2. The molecular weight excluding hydrogens is 142 g/mol. The van der Waals surface area contributed by atoms with E-state index in [-0.39, 0.29) is 12.5 Å². The van der Waals surface area contributed by atoms with Gasteiger partial charge in [0.05, 0.1) is 6.42 Å². The summed E-state index contributed by atoms with van der Waals surface area (Å²) in [6.45, 7) is 7.88. The average Bonchev–Trinajstić information content (AvgIpc) is 1.88. The SMILES string of the molecule is CCN(CC)[C@H](C)CC(=O)O. The molecule has 0 rings (SSSR count). The molecule has 3 heteroatoms. The van der Waals surface area contributed by atoms with Crippen molar-refractivity contribution in [1.82, 2.24) is 4.90 Å². The number of rotatable bonds is 5. The first kappa shape index (κ1) is 10.4. The molecular formula is C8H17NO2. The fourth-order valence-corrected chi connectivity index (χ4v) is 1.23. The van der Waals surface area contributed by atoms with Crippen LogP contribution in [-0.4, -0.2) is 35.1 Å². The molecule has 0 amide bonds. The molecule has 66 valence electrons. The van der Waals surface area contributed by atoms with Gasteiger partial charge >= 0.3 is 5.97 Å². The highest BCUT2D eigenvalue weighted by Gasteiger charge is 2.12. The number of nitrogens with zero attached hydrogens (tertiary/aromatic N) is 1. The fraction of sp³-hybridized carbons (Fsp3) is 0.875. The van der Waals surface area contributed by atoms with Crippen molar-refractivity contribution in [1.29, 1.82) is 0 Å². The zero-order valence-corrected chi connectivity index (χ0v) is 7.50. The summed E-state index contributed by atoms with van der Waals surface area (Å²) in [5.74, 6) is -0.718. The lowest BCUT2D eigenvalue weighted by Crippen LogP contribution is -2.34. The Morgan fingerprint density at radius 3 is 2.18 bits per heavy atom. The van der Waals surface area contributed by atoms with Crippen molar-refractivity contribution in [3.05, 3.63) is 0 Å².